The van der Waals surface area contributed by atoms with E-state index in [1.807, 2.05) is 30.3 Å². The van der Waals surface area contributed by atoms with Gasteiger partial charge < -0.3 is 25.8 Å². The number of nitrogens with one attached hydrogen (secondary N) is 3. The molecule has 170 valence electrons. The highest BCUT2D eigenvalue weighted by atomic mass is 79.9. The van der Waals surface area contributed by atoms with E-state index in [1.54, 1.807) is 12.3 Å². The Balaban J connectivity index is 1.47. The van der Waals surface area contributed by atoms with E-state index < -0.39 is 0 Å². The van der Waals surface area contributed by atoms with Gasteiger partial charge in [0.2, 0.25) is 11.9 Å². The smallest absolute Gasteiger partial charge is 0.247 e. The molecule has 0 atom stereocenters. The summed E-state index contributed by atoms with van der Waals surface area (Å²) in [6.07, 6.45) is 2.91. The third-order valence-electron chi connectivity index (χ3n) is 5.36. The maximum absolute atomic E-state index is 11.7. The first-order chi connectivity index (χ1) is 16.0. The number of aromatic nitrogens is 2. The van der Waals surface area contributed by atoms with Crippen molar-refractivity contribution >= 4 is 56.4 Å². The molecule has 4 rings (SSSR count). The zero-order chi connectivity index (χ0) is 23.2. The van der Waals surface area contributed by atoms with Crippen LogP contribution in [-0.2, 0) is 4.79 Å². The summed E-state index contributed by atoms with van der Waals surface area (Å²) in [4.78, 5) is 25.4. The molecule has 1 aromatic heterocycles. The molecular formula is C24H26BrN7O. The highest BCUT2D eigenvalue weighted by Gasteiger charge is 2.14. The van der Waals surface area contributed by atoms with Crippen LogP contribution in [0.25, 0.3) is 0 Å². The summed E-state index contributed by atoms with van der Waals surface area (Å²) in [5.41, 5.74) is 3.45. The van der Waals surface area contributed by atoms with Gasteiger partial charge in [0, 0.05) is 43.8 Å². The minimum atomic E-state index is -0.284. The standard InChI is InChI=1S/C24H26BrN7O/c1-3-22(33)28-20-6-4-5-7-21(20)29-23-19(25)16-26-24(30-23)27-17-8-10-18(11-9-17)32-14-12-31(2)13-15-32/h3-11,16H,1,12-15H2,2H3,(H,28,33)(H2,26,27,29,30). The van der Waals surface area contributed by atoms with E-state index in [0.29, 0.717) is 27.6 Å². The van der Waals surface area contributed by atoms with Crippen molar-refractivity contribution in [1.82, 2.24) is 14.9 Å². The van der Waals surface area contributed by atoms with Crippen LogP contribution in [0, 0.1) is 0 Å². The summed E-state index contributed by atoms with van der Waals surface area (Å²) in [6.45, 7) is 7.70. The maximum Gasteiger partial charge on any atom is 0.247 e. The van der Waals surface area contributed by atoms with Crippen molar-refractivity contribution in [2.75, 3.05) is 54.1 Å². The van der Waals surface area contributed by atoms with Crippen LogP contribution in [0.2, 0.25) is 0 Å². The predicted molar refractivity (Wildman–Crippen MR) is 138 cm³/mol. The molecule has 0 aliphatic carbocycles. The number of nitrogens with zero attached hydrogens (tertiary/aromatic N) is 4. The second kappa shape index (κ2) is 10.5. The van der Waals surface area contributed by atoms with Gasteiger partial charge in [-0.15, -0.1) is 0 Å². The summed E-state index contributed by atoms with van der Waals surface area (Å²) >= 11 is 3.49. The lowest BCUT2D eigenvalue weighted by atomic mass is 10.2. The largest absolute Gasteiger partial charge is 0.369 e. The van der Waals surface area contributed by atoms with Crippen LogP contribution in [0.5, 0.6) is 0 Å². The molecule has 1 saturated heterocycles. The van der Waals surface area contributed by atoms with E-state index in [0.717, 1.165) is 31.9 Å². The van der Waals surface area contributed by atoms with Crippen LogP contribution in [0.1, 0.15) is 0 Å². The van der Waals surface area contributed by atoms with Gasteiger partial charge in [-0.1, -0.05) is 18.7 Å². The van der Waals surface area contributed by atoms with E-state index in [2.05, 4.69) is 77.4 Å². The number of carbonyl (C=O) groups is 1. The monoisotopic (exact) mass is 507 g/mol. The zero-order valence-corrected chi connectivity index (χ0v) is 20.0. The molecule has 0 saturated carbocycles. The Hall–Kier alpha value is -3.43. The van der Waals surface area contributed by atoms with Crippen LogP contribution in [0.4, 0.5) is 34.5 Å². The molecule has 3 aromatic rings. The molecule has 0 spiro atoms. The van der Waals surface area contributed by atoms with Gasteiger partial charge in [-0.25, -0.2) is 4.98 Å². The molecule has 2 heterocycles. The van der Waals surface area contributed by atoms with Crippen LogP contribution in [-0.4, -0.2) is 54.0 Å². The molecule has 0 radical (unpaired) electrons. The molecule has 9 heteroatoms. The molecule has 2 aromatic carbocycles. The number of hydrogen-bond acceptors (Lipinski definition) is 7. The van der Waals surface area contributed by atoms with E-state index >= 15 is 0 Å². The van der Waals surface area contributed by atoms with Gasteiger partial charge in [0.15, 0.2) is 0 Å². The summed E-state index contributed by atoms with van der Waals surface area (Å²) < 4.78 is 0.698. The minimum absolute atomic E-state index is 0.284. The average Bonchev–Trinajstić information content (AvgIpc) is 2.83. The lowest BCUT2D eigenvalue weighted by molar-refractivity contribution is -0.111. The third-order valence-corrected chi connectivity index (χ3v) is 5.94. The van der Waals surface area contributed by atoms with Gasteiger partial charge in [0.05, 0.1) is 15.8 Å². The fourth-order valence-corrected chi connectivity index (χ4v) is 3.77. The molecule has 1 aliphatic heterocycles. The van der Waals surface area contributed by atoms with E-state index in [-0.39, 0.29) is 5.91 Å². The maximum atomic E-state index is 11.7. The van der Waals surface area contributed by atoms with Gasteiger partial charge in [0.1, 0.15) is 5.82 Å². The second-order valence-electron chi connectivity index (χ2n) is 7.72. The molecule has 0 bridgehead atoms. The molecule has 3 N–H and O–H groups in total. The summed E-state index contributed by atoms with van der Waals surface area (Å²) in [7, 11) is 2.15. The minimum Gasteiger partial charge on any atom is -0.369 e. The van der Waals surface area contributed by atoms with Crippen LogP contribution < -0.4 is 20.9 Å². The number of halogens is 1. The number of benzene rings is 2. The Morgan fingerprint density at radius 3 is 2.42 bits per heavy atom. The van der Waals surface area contributed by atoms with E-state index in [4.69, 9.17) is 0 Å². The molecule has 1 fully saturated rings. The SMILES string of the molecule is C=CC(=O)Nc1ccccc1Nc1nc(Nc2ccc(N3CCN(C)CC3)cc2)ncc1Br. The Morgan fingerprint density at radius 1 is 1.03 bits per heavy atom. The predicted octanol–water partition coefficient (Wildman–Crippen LogP) is 4.60. The number of carbonyl (C=O) groups excluding carboxylic acids is 1. The number of para-hydroxylation sites is 2. The van der Waals surface area contributed by atoms with Gasteiger partial charge in [0.25, 0.3) is 0 Å². The van der Waals surface area contributed by atoms with Crippen LogP contribution >= 0.6 is 15.9 Å². The Bertz CT molecular complexity index is 1130. The van der Waals surface area contributed by atoms with Crippen molar-refractivity contribution in [3.05, 3.63) is 71.9 Å². The number of amides is 1. The number of anilines is 6. The van der Waals surface area contributed by atoms with Crippen molar-refractivity contribution in [3.8, 4) is 0 Å². The Morgan fingerprint density at radius 2 is 1.73 bits per heavy atom. The number of piperazine rings is 1. The van der Waals surface area contributed by atoms with E-state index in [1.165, 1.54) is 11.8 Å². The second-order valence-corrected chi connectivity index (χ2v) is 8.57. The summed E-state index contributed by atoms with van der Waals surface area (Å²) in [5, 5.41) is 9.30. The third kappa shape index (κ3) is 5.88. The van der Waals surface area contributed by atoms with Crippen LogP contribution in [0.3, 0.4) is 0 Å². The normalized spacial score (nSPS) is 13.9. The van der Waals surface area contributed by atoms with Crippen molar-refractivity contribution < 1.29 is 4.79 Å². The van der Waals surface area contributed by atoms with Gasteiger partial charge >= 0.3 is 0 Å². The fraction of sp³-hybridized carbons (Fsp3) is 0.208. The van der Waals surface area contributed by atoms with Gasteiger partial charge in [-0.2, -0.15) is 4.98 Å². The highest BCUT2D eigenvalue weighted by molar-refractivity contribution is 9.10. The van der Waals surface area contributed by atoms with Gasteiger partial charge in [-0.05, 0) is 65.5 Å². The molecular weight excluding hydrogens is 482 g/mol. The molecule has 33 heavy (non-hydrogen) atoms. The van der Waals surface area contributed by atoms with Crippen molar-refractivity contribution in [2.24, 2.45) is 0 Å². The van der Waals surface area contributed by atoms with Crippen molar-refractivity contribution in [3.63, 3.8) is 0 Å². The topological polar surface area (TPSA) is 85.4 Å². The first kappa shape index (κ1) is 22.8. The number of hydrogen-bond donors (Lipinski definition) is 3. The average molecular weight is 508 g/mol. The first-order valence-corrected chi connectivity index (χ1v) is 11.4. The molecule has 0 unspecified atom stereocenters. The van der Waals surface area contributed by atoms with Crippen LogP contribution in [0.15, 0.2) is 71.9 Å². The quantitative estimate of drug-likeness (QED) is 0.402. The fourth-order valence-electron chi connectivity index (χ4n) is 3.48. The summed E-state index contributed by atoms with van der Waals surface area (Å²) in [5.74, 6) is 0.746. The van der Waals surface area contributed by atoms with E-state index in [9.17, 15) is 4.79 Å². The molecule has 1 amide bonds. The Labute approximate surface area is 201 Å². The Kier molecular flexibility index (Phi) is 7.21. The molecule has 8 nitrogen and oxygen atoms in total. The first-order valence-electron chi connectivity index (χ1n) is 10.6. The van der Waals surface area contributed by atoms with Gasteiger partial charge in [-0.3, -0.25) is 4.79 Å². The highest BCUT2D eigenvalue weighted by Crippen LogP contribution is 2.29. The summed E-state index contributed by atoms with van der Waals surface area (Å²) in [6, 6.07) is 15.7. The lowest BCUT2D eigenvalue weighted by Gasteiger charge is -2.34. The molecule has 1 aliphatic rings. The van der Waals surface area contributed by atoms with Crippen molar-refractivity contribution in [1.29, 1.82) is 0 Å². The lowest BCUT2D eigenvalue weighted by Crippen LogP contribution is -2.44. The van der Waals surface area contributed by atoms with Crippen molar-refractivity contribution in [2.45, 2.75) is 0 Å². The zero-order valence-electron chi connectivity index (χ0n) is 18.4. The number of rotatable bonds is 7. The number of likely N-dealkylation sites (N-methyl/N-ethyl adjacent to an activating group) is 1.